The Morgan fingerprint density at radius 1 is 1.30 bits per heavy atom. The minimum absolute atomic E-state index is 0.00816. The van der Waals surface area contributed by atoms with Crippen LogP contribution in [0.15, 0.2) is 18.2 Å². The Morgan fingerprint density at radius 3 is 2.61 bits per heavy atom. The Kier molecular flexibility index (Phi) is 5.19. The highest BCUT2D eigenvalue weighted by molar-refractivity contribution is 7.91. The summed E-state index contributed by atoms with van der Waals surface area (Å²) in [5.74, 6) is 1.23. The van der Waals surface area contributed by atoms with Gasteiger partial charge in [-0.2, -0.15) is 0 Å². The molecule has 6 nitrogen and oxygen atoms in total. The summed E-state index contributed by atoms with van der Waals surface area (Å²) in [6.07, 6.45) is 1.22. The van der Waals surface area contributed by atoms with Crippen LogP contribution in [0.1, 0.15) is 25.3 Å². The second-order valence-corrected chi connectivity index (χ2v) is 8.29. The van der Waals surface area contributed by atoms with Crippen molar-refractivity contribution < 1.29 is 22.7 Å². The van der Waals surface area contributed by atoms with Gasteiger partial charge in [-0.1, -0.05) is 12.1 Å². The summed E-state index contributed by atoms with van der Waals surface area (Å²) in [4.78, 5) is 12.2. The highest BCUT2D eigenvalue weighted by Gasteiger charge is 2.39. The maximum absolute atomic E-state index is 12.2. The largest absolute Gasteiger partial charge is 0.493 e. The van der Waals surface area contributed by atoms with E-state index in [2.05, 4.69) is 5.32 Å². The maximum atomic E-state index is 12.2. The number of ether oxygens (including phenoxy) is 2. The maximum Gasteiger partial charge on any atom is 0.220 e. The first-order valence-corrected chi connectivity index (χ1v) is 9.32. The lowest BCUT2D eigenvalue weighted by Crippen LogP contribution is -2.47. The molecular formula is C16H23NO5S. The lowest BCUT2D eigenvalue weighted by atomic mass is 10.0. The van der Waals surface area contributed by atoms with Crippen LogP contribution >= 0.6 is 0 Å². The van der Waals surface area contributed by atoms with Gasteiger partial charge in [0.1, 0.15) is 0 Å². The first-order valence-electron chi connectivity index (χ1n) is 7.50. The monoisotopic (exact) mass is 341 g/mol. The molecule has 128 valence electrons. The molecule has 1 unspecified atom stereocenters. The van der Waals surface area contributed by atoms with Crippen molar-refractivity contribution in [2.75, 3.05) is 25.7 Å². The van der Waals surface area contributed by atoms with Crippen molar-refractivity contribution in [1.82, 2.24) is 5.32 Å². The number of aryl methyl sites for hydroxylation is 1. The normalized spacial score (nSPS) is 22.6. The van der Waals surface area contributed by atoms with E-state index in [1.54, 1.807) is 27.2 Å². The predicted octanol–water partition coefficient (Wildman–Crippen LogP) is 1.33. The fourth-order valence-electron chi connectivity index (χ4n) is 2.91. The van der Waals surface area contributed by atoms with Gasteiger partial charge in [-0.3, -0.25) is 4.79 Å². The number of carbonyl (C=O) groups is 1. The zero-order valence-electron chi connectivity index (χ0n) is 13.7. The number of para-hydroxylation sites is 1. The molecule has 1 aliphatic heterocycles. The van der Waals surface area contributed by atoms with Gasteiger partial charge in [-0.25, -0.2) is 8.42 Å². The summed E-state index contributed by atoms with van der Waals surface area (Å²) in [7, 11) is 0.0890. The zero-order valence-corrected chi connectivity index (χ0v) is 14.5. The molecule has 2 rings (SSSR count). The molecule has 0 bridgehead atoms. The number of carbonyl (C=O) groups excluding carboxylic acids is 1. The number of amides is 1. The molecule has 0 aliphatic carbocycles. The van der Waals surface area contributed by atoms with Crippen LogP contribution in [0.5, 0.6) is 11.5 Å². The third kappa shape index (κ3) is 4.37. The number of methoxy groups -OCH3 is 2. The predicted molar refractivity (Wildman–Crippen MR) is 87.7 cm³/mol. The van der Waals surface area contributed by atoms with E-state index >= 15 is 0 Å². The van der Waals surface area contributed by atoms with E-state index < -0.39 is 15.4 Å². The zero-order chi connectivity index (χ0) is 17.1. The van der Waals surface area contributed by atoms with Gasteiger partial charge in [0.15, 0.2) is 21.3 Å². The molecule has 1 saturated heterocycles. The molecule has 1 aliphatic rings. The molecule has 1 fully saturated rings. The van der Waals surface area contributed by atoms with E-state index in [4.69, 9.17) is 9.47 Å². The smallest absolute Gasteiger partial charge is 0.220 e. The highest BCUT2D eigenvalue weighted by atomic mass is 32.2. The van der Waals surface area contributed by atoms with Gasteiger partial charge in [-0.05, 0) is 31.4 Å². The molecule has 1 heterocycles. The Bertz CT molecular complexity index is 686. The lowest BCUT2D eigenvalue weighted by Gasteiger charge is -2.24. The van der Waals surface area contributed by atoms with Crippen molar-refractivity contribution in [2.45, 2.75) is 31.7 Å². The summed E-state index contributed by atoms with van der Waals surface area (Å²) in [5, 5.41) is 2.86. The molecule has 1 N–H and O–H groups in total. The first kappa shape index (κ1) is 17.6. The van der Waals surface area contributed by atoms with Gasteiger partial charge in [0.2, 0.25) is 5.91 Å². The van der Waals surface area contributed by atoms with E-state index in [1.807, 2.05) is 12.1 Å². The van der Waals surface area contributed by atoms with Crippen molar-refractivity contribution in [3.8, 4) is 11.5 Å². The van der Waals surface area contributed by atoms with E-state index in [-0.39, 0.29) is 23.8 Å². The summed E-state index contributed by atoms with van der Waals surface area (Å²) < 4.78 is 33.7. The standard InChI is InChI=1S/C16H23NO5S/c1-16(9-10-23(19,20)11-16)17-14(18)8-7-12-5-4-6-13(21-2)15(12)22-3/h4-6H,7-11H2,1-3H3,(H,17,18). The van der Waals surface area contributed by atoms with Crippen LogP contribution in [0.3, 0.4) is 0 Å². The fourth-order valence-corrected chi connectivity index (χ4v) is 5.00. The topological polar surface area (TPSA) is 81.7 Å². The van der Waals surface area contributed by atoms with Crippen LogP contribution in [0.4, 0.5) is 0 Å². The molecule has 23 heavy (non-hydrogen) atoms. The van der Waals surface area contributed by atoms with Gasteiger partial charge in [0.05, 0.1) is 31.3 Å². The number of hydrogen-bond acceptors (Lipinski definition) is 5. The van der Waals surface area contributed by atoms with Crippen LogP contribution in [-0.2, 0) is 21.1 Å². The minimum atomic E-state index is -3.04. The van der Waals surface area contributed by atoms with Crippen molar-refractivity contribution in [3.63, 3.8) is 0 Å². The van der Waals surface area contributed by atoms with E-state index in [0.29, 0.717) is 24.3 Å². The van der Waals surface area contributed by atoms with Crippen LogP contribution in [0.25, 0.3) is 0 Å². The van der Waals surface area contributed by atoms with Gasteiger partial charge in [0.25, 0.3) is 0 Å². The number of rotatable bonds is 6. The number of benzene rings is 1. The van der Waals surface area contributed by atoms with Crippen molar-refractivity contribution in [3.05, 3.63) is 23.8 Å². The van der Waals surface area contributed by atoms with Gasteiger partial charge >= 0.3 is 0 Å². The molecular weight excluding hydrogens is 318 g/mol. The Balaban J connectivity index is 1.98. The molecule has 0 spiro atoms. The molecule has 0 radical (unpaired) electrons. The average Bonchev–Trinajstić information content (AvgIpc) is 2.77. The average molecular weight is 341 g/mol. The van der Waals surface area contributed by atoms with E-state index in [1.165, 1.54) is 0 Å². The number of nitrogens with one attached hydrogen (secondary N) is 1. The van der Waals surface area contributed by atoms with Crippen molar-refractivity contribution >= 4 is 15.7 Å². The van der Waals surface area contributed by atoms with Gasteiger partial charge < -0.3 is 14.8 Å². The lowest BCUT2D eigenvalue weighted by molar-refractivity contribution is -0.122. The van der Waals surface area contributed by atoms with Crippen molar-refractivity contribution in [2.24, 2.45) is 0 Å². The second kappa shape index (κ2) is 6.78. The number of sulfone groups is 1. The first-order chi connectivity index (χ1) is 10.8. The molecule has 1 amide bonds. The molecule has 1 atom stereocenters. The van der Waals surface area contributed by atoms with Crippen molar-refractivity contribution in [1.29, 1.82) is 0 Å². The molecule has 1 aromatic rings. The summed E-state index contributed by atoms with van der Waals surface area (Å²) in [6.45, 7) is 1.78. The van der Waals surface area contributed by atoms with E-state index in [9.17, 15) is 13.2 Å². The molecule has 0 saturated carbocycles. The Labute approximate surface area is 137 Å². The van der Waals surface area contributed by atoms with Crippen LogP contribution < -0.4 is 14.8 Å². The summed E-state index contributed by atoms with van der Waals surface area (Å²) in [6, 6.07) is 5.53. The molecule has 7 heteroatoms. The van der Waals surface area contributed by atoms with Crippen LogP contribution in [0.2, 0.25) is 0 Å². The molecule has 1 aromatic carbocycles. The van der Waals surface area contributed by atoms with Crippen LogP contribution in [0, 0.1) is 0 Å². The summed E-state index contributed by atoms with van der Waals surface area (Å²) in [5.41, 5.74) is 0.222. The van der Waals surface area contributed by atoms with E-state index in [0.717, 1.165) is 5.56 Å². The van der Waals surface area contributed by atoms with Gasteiger partial charge in [-0.15, -0.1) is 0 Å². The second-order valence-electron chi connectivity index (χ2n) is 6.10. The molecule has 0 aromatic heterocycles. The van der Waals surface area contributed by atoms with Gasteiger partial charge in [0, 0.05) is 6.42 Å². The Hall–Kier alpha value is -1.76. The number of hydrogen-bond donors (Lipinski definition) is 1. The highest BCUT2D eigenvalue weighted by Crippen LogP contribution is 2.31. The fraction of sp³-hybridized carbons (Fsp3) is 0.562. The minimum Gasteiger partial charge on any atom is -0.493 e. The Morgan fingerprint density at radius 2 is 2.04 bits per heavy atom. The quantitative estimate of drug-likeness (QED) is 0.844. The third-order valence-electron chi connectivity index (χ3n) is 4.05. The SMILES string of the molecule is COc1cccc(CCC(=O)NC2(C)CCS(=O)(=O)C2)c1OC. The van der Waals surface area contributed by atoms with Crippen LogP contribution in [-0.4, -0.2) is 45.6 Å². The summed E-state index contributed by atoms with van der Waals surface area (Å²) >= 11 is 0. The third-order valence-corrected chi connectivity index (χ3v) is 5.95.